The molecule has 0 unspecified atom stereocenters. The van der Waals surface area contributed by atoms with Gasteiger partial charge >= 0.3 is 0 Å². The summed E-state index contributed by atoms with van der Waals surface area (Å²) in [6, 6.07) is 13.6. The number of hydrogen-bond acceptors (Lipinski definition) is 11. The fraction of sp³-hybridized carbons (Fsp3) is 0.514. The number of ether oxygens (including phenoxy) is 2. The average Bonchev–Trinajstić information content (AvgIpc) is 4.08. The Labute approximate surface area is 319 Å². The number of carbonyl (C=O) groups excluding carboxylic acids is 1. The molecule has 4 atom stereocenters. The van der Waals surface area contributed by atoms with Gasteiger partial charge in [0.25, 0.3) is 0 Å². The zero-order valence-electron chi connectivity index (χ0n) is 29.4. The molecule has 0 radical (unpaired) electrons. The summed E-state index contributed by atoms with van der Waals surface area (Å²) in [6.07, 6.45) is 2.13. The Morgan fingerprint density at radius 3 is 2.38 bits per heavy atom. The number of aliphatic hydroxyl groups is 5. The number of aromatic nitrogens is 1. The molecule has 0 saturated heterocycles. The highest BCUT2D eigenvalue weighted by molar-refractivity contribution is 7.90. The quantitative estimate of drug-likeness (QED) is 0.0867. The Morgan fingerprint density at radius 2 is 1.68 bits per heavy atom. The topological polar surface area (TPSA) is 199 Å². The summed E-state index contributed by atoms with van der Waals surface area (Å²) in [5.41, 5.74) is 4.09. The van der Waals surface area contributed by atoms with Crippen molar-refractivity contribution in [2.24, 2.45) is 0 Å². The molecule has 0 aliphatic heterocycles. The Balaban J connectivity index is 1.09. The summed E-state index contributed by atoms with van der Waals surface area (Å²) >= 11 is 13.4. The second-order valence-corrected chi connectivity index (χ2v) is 16.4. The molecule has 290 valence electrons. The molecule has 2 fully saturated rings. The van der Waals surface area contributed by atoms with Crippen molar-refractivity contribution in [1.82, 2.24) is 14.6 Å². The number of amides is 1. The van der Waals surface area contributed by atoms with E-state index in [-0.39, 0.29) is 19.3 Å². The van der Waals surface area contributed by atoms with Crippen molar-refractivity contribution < 1.29 is 48.2 Å². The fourth-order valence-electron chi connectivity index (χ4n) is 5.95. The number of nitrogens with zero attached hydrogens (tertiary/aromatic N) is 2. The lowest BCUT2D eigenvalue weighted by atomic mass is 9.96. The van der Waals surface area contributed by atoms with Crippen molar-refractivity contribution in [1.29, 1.82) is 0 Å². The molecule has 1 heterocycles. The van der Waals surface area contributed by atoms with Crippen LogP contribution >= 0.6 is 23.2 Å². The number of rotatable bonds is 21. The van der Waals surface area contributed by atoms with E-state index in [0.717, 1.165) is 64.1 Å². The van der Waals surface area contributed by atoms with Crippen molar-refractivity contribution >= 4 is 39.1 Å². The smallest absolute Gasteiger partial charge is 0.239 e. The molecule has 16 heteroatoms. The van der Waals surface area contributed by atoms with Gasteiger partial charge in [-0.05, 0) is 85.9 Å². The normalized spacial score (nSPS) is 17.5. The van der Waals surface area contributed by atoms with E-state index in [0.29, 0.717) is 29.3 Å². The lowest BCUT2D eigenvalue weighted by molar-refractivity contribution is -0.135. The summed E-state index contributed by atoms with van der Waals surface area (Å²) in [7, 11) is -2.79. The molecule has 2 aromatic carbocycles. The third-order valence-electron chi connectivity index (χ3n) is 9.45. The van der Waals surface area contributed by atoms with Crippen molar-refractivity contribution in [3.8, 4) is 16.9 Å². The van der Waals surface area contributed by atoms with E-state index in [1.165, 1.54) is 7.05 Å². The van der Waals surface area contributed by atoms with Crippen LogP contribution in [0.2, 0.25) is 10.0 Å². The van der Waals surface area contributed by atoms with Crippen molar-refractivity contribution in [3.05, 3.63) is 81.6 Å². The predicted octanol–water partition coefficient (Wildman–Crippen LogP) is 2.94. The van der Waals surface area contributed by atoms with Crippen LogP contribution in [0.5, 0.6) is 5.75 Å². The Hall–Kier alpha value is -2.89. The first-order chi connectivity index (χ1) is 25.2. The average molecular weight is 797 g/mol. The van der Waals surface area contributed by atoms with Gasteiger partial charge in [0.1, 0.15) is 35.9 Å². The number of aryl methyl sites for hydroxylation is 1. The van der Waals surface area contributed by atoms with Crippen LogP contribution in [0.25, 0.3) is 11.1 Å². The van der Waals surface area contributed by atoms with Crippen LogP contribution in [0.3, 0.4) is 0 Å². The number of aliphatic hydroxyl groups excluding tert-OH is 5. The first-order valence-corrected chi connectivity index (χ1v) is 20.0. The molecule has 0 bridgehead atoms. The van der Waals surface area contributed by atoms with Crippen molar-refractivity contribution in [2.75, 3.05) is 32.5 Å². The van der Waals surface area contributed by atoms with Crippen LogP contribution in [-0.2, 0) is 38.2 Å². The van der Waals surface area contributed by atoms with Gasteiger partial charge in [0, 0.05) is 53.7 Å². The monoisotopic (exact) mass is 795 g/mol. The van der Waals surface area contributed by atoms with Gasteiger partial charge in [0.2, 0.25) is 15.9 Å². The number of carbonyl (C=O) groups is 1. The van der Waals surface area contributed by atoms with E-state index in [9.17, 15) is 33.6 Å². The maximum Gasteiger partial charge on any atom is 0.239 e. The molecular formula is C37H47Cl2N3O10S. The lowest BCUT2D eigenvalue weighted by Gasteiger charge is -2.28. The molecule has 2 aliphatic rings. The Bertz CT molecular complexity index is 1830. The fourth-order valence-corrected chi connectivity index (χ4v) is 7.57. The van der Waals surface area contributed by atoms with Gasteiger partial charge in [-0.2, -0.15) is 0 Å². The second-order valence-electron chi connectivity index (χ2n) is 13.7. The molecule has 1 aromatic heterocycles. The van der Waals surface area contributed by atoms with Gasteiger partial charge in [0.05, 0.1) is 24.9 Å². The predicted molar refractivity (Wildman–Crippen MR) is 199 cm³/mol. The van der Waals surface area contributed by atoms with Crippen LogP contribution in [0.1, 0.15) is 55.2 Å². The Kier molecular flexibility index (Phi) is 14.1. The molecule has 53 heavy (non-hydrogen) atoms. The summed E-state index contributed by atoms with van der Waals surface area (Å²) in [4.78, 5) is 17.8. The molecule has 6 N–H and O–H groups in total. The number of likely N-dealkylation sites (N-methyl/N-ethyl adjacent to an activating group) is 1. The minimum Gasteiger partial charge on any atom is -0.490 e. The van der Waals surface area contributed by atoms with E-state index in [1.54, 1.807) is 18.3 Å². The molecule has 0 spiro atoms. The zero-order chi connectivity index (χ0) is 38.3. The molecule has 13 nitrogen and oxygen atoms in total. The van der Waals surface area contributed by atoms with Gasteiger partial charge in [-0.15, -0.1) is 0 Å². The SMILES string of the molecule is CN(C[C@@H](O)[C@H](O)[C@@H](O)[C@@H](O)CO)C(=O)CS(=O)(=O)NCCCCc1cc(Cl)c(COC2(c3cnccc3-c3ccccc3OC3CC3)CC2)cc1Cl. The first kappa shape index (κ1) is 41.3. The number of halogens is 2. The highest BCUT2D eigenvalue weighted by atomic mass is 35.5. The van der Waals surface area contributed by atoms with Crippen LogP contribution in [0.4, 0.5) is 0 Å². The molecule has 1 amide bonds. The lowest BCUT2D eigenvalue weighted by Crippen LogP contribution is -2.50. The highest BCUT2D eigenvalue weighted by Gasteiger charge is 2.48. The van der Waals surface area contributed by atoms with Crippen LogP contribution in [-0.4, -0.2) is 113 Å². The van der Waals surface area contributed by atoms with E-state index in [2.05, 4.69) is 15.8 Å². The molecule has 2 aliphatic carbocycles. The highest BCUT2D eigenvalue weighted by Crippen LogP contribution is 2.53. The van der Waals surface area contributed by atoms with Gasteiger partial charge in [0.15, 0.2) is 0 Å². The summed E-state index contributed by atoms with van der Waals surface area (Å²) < 4.78 is 40.2. The first-order valence-electron chi connectivity index (χ1n) is 17.6. The largest absolute Gasteiger partial charge is 0.490 e. The minimum atomic E-state index is -4.02. The molecular weight excluding hydrogens is 749 g/mol. The van der Waals surface area contributed by atoms with Crippen molar-refractivity contribution in [3.63, 3.8) is 0 Å². The third-order valence-corrected chi connectivity index (χ3v) is 11.4. The maximum atomic E-state index is 12.5. The summed E-state index contributed by atoms with van der Waals surface area (Å²) in [5.74, 6) is -0.902. The number of sulfonamides is 1. The molecule has 2 saturated carbocycles. The van der Waals surface area contributed by atoms with E-state index in [4.69, 9.17) is 37.8 Å². The van der Waals surface area contributed by atoms with E-state index < -0.39 is 64.9 Å². The molecule has 3 aromatic rings. The van der Waals surface area contributed by atoms with Crippen LogP contribution in [0, 0.1) is 0 Å². The number of pyridine rings is 1. The van der Waals surface area contributed by atoms with Gasteiger partial charge in [-0.3, -0.25) is 9.78 Å². The van der Waals surface area contributed by atoms with Gasteiger partial charge < -0.3 is 39.9 Å². The van der Waals surface area contributed by atoms with Gasteiger partial charge in [-0.1, -0.05) is 41.4 Å². The number of unbranched alkanes of at least 4 members (excludes halogenated alkanes) is 1. The Morgan fingerprint density at radius 1 is 1.00 bits per heavy atom. The van der Waals surface area contributed by atoms with Crippen molar-refractivity contribution in [2.45, 2.75) is 87.7 Å². The number of nitrogens with one attached hydrogen (secondary N) is 1. The minimum absolute atomic E-state index is 0.0682. The van der Waals surface area contributed by atoms with Gasteiger partial charge in [-0.25, -0.2) is 13.1 Å². The second kappa shape index (κ2) is 18.2. The van der Waals surface area contributed by atoms with E-state index in [1.807, 2.05) is 30.5 Å². The summed E-state index contributed by atoms with van der Waals surface area (Å²) in [6.45, 7) is -1.05. The number of benzene rings is 2. The molecule has 5 rings (SSSR count). The number of para-hydroxylation sites is 1. The zero-order valence-corrected chi connectivity index (χ0v) is 31.7. The van der Waals surface area contributed by atoms with E-state index >= 15 is 0 Å². The van der Waals surface area contributed by atoms with Crippen LogP contribution < -0.4 is 9.46 Å². The third kappa shape index (κ3) is 11.1. The summed E-state index contributed by atoms with van der Waals surface area (Å²) in [5, 5.41) is 49.1. The number of hydrogen-bond donors (Lipinski definition) is 6. The van der Waals surface area contributed by atoms with Crippen LogP contribution in [0.15, 0.2) is 54.9 Å². The maximum absolute atomic E-state index is 12.5. The standard InChI is InChI=1S/C37H47Cl2N3O10S/c1-42(19-31(44)35(47)36(48)32(45)20-43)34(46)22-53(49,50)41-14-5-4-6-23-16-30(39)24(17-29(23)38)21-51-37(12-13-37)28-18-40-15-11-26(28)27-7-2-3-8-33(27)52-25-9-10-25/h2-3,7-8,11,15-18,25,31-32,35-36,41,43-45,47-48H,4-6,9-10,12-14,19-22H2,1H3/t31-,32+,35+,36+/m1/s1.